The number of aromatic nitrogens is 1. The van der Waals surface area contributed by atoms with E-state index in [9.17, 15) is 0 Å². The number of hydrogen-bond donors (Lipinski definition) is 1. The Morgan fingerprint density at radius 2 is 2.36 bits per heavy atom. The zero-order chi connectivity index (χ0) is 7.94. The second-order valence-electron chi connectivity index (χ2n) is 2.10. The van der Waals surface area contributed by atoms with Crippen LogP contribution in [0, 0.1) is 0 Å². The highest BCUT2D eigenvalue weighted by atomic mass is 16.5. The summed E-state index contributed by atoms with van der Waals surface area (Å²) in [6, 6.07) is 5.65. The summed E-state index contributed by atoms with van der Waals surface area (Å²) in [4.78, 5) is 4.04. The Bertz CT molecular complexity index is 189. The van der Waals surface area contributed by atoms with Gasteiger partial charge in [0.25, 0.3) is 0 Å². The van der Waals surface area contributed by atoms with Crippen molar-refractivity contribution in [2.45, 2.75) is 6.61 Å². The second-order valence-corrected chi connectivity index (χ2v) is 2.10. The molecule has 1 heterocycles. The van der Waals surface area contributed by atoms with E-state index in [2.05, 4.69) is 4.98 Å². The summed E-state index contributed by atoms with van der Waals surface area (Å²) in [5.41, 5.74) is 0.890. The normalized spacial score (nSPS) is 9.91. The third kappa shape index (κ3) is 3.11. The average Bonchev–Trinajstić information content (AvgIpc) is 2.07. The summed E-state index contributed by atoms with van der Waals surface area (Å²) in [6.45, 7) is 0.908. The largest absolute Gasteiger partial charge is 0.394 e. The minimum Gasteiger partial charge on any atom is -0.394 e. The lowest BCUT2D eigenvalue weighted by Crippen LogP contribution is -2.00. The molecule has 0 atom stereocenters. The van der Waals surface area contributed by atoms with Crippen molar-refractivity contribution in [3.05, 3.63) is 30.1 Å². The van der Waals surface area contributed by atoms with Gasteiger partial charge in [0.2, 0.25) is 0 Å². The molecule has 0 bridgehead atoms. The smallest absolute Gasteiger partial charge is 0.0889 e. The van der Waals surface area contributed by atoms with Crippen molar-refractivity contribution >= 4 is 0 Å². The molecule has 0 saturated heterocycles. The number of rotatable bonds is 4. The van der Waals surface area contributed by atoms with Gasteiger partial charge in [-0.25, -0.2) is 0 Å². The molecule has 0 aromatic carbocycles. The standard InChI is InChI=1S/C8H11NO2/c10-5-6-11-7-8-3-1-2-4-9-8/h1-4,10H,5-7H2. The maximum Gasteiger partial charge on any atom is 0.0889 e. The van der Waals surface area contributed by atoms with Crippen LogP contribution in [0.15, 0.2) is 24.4 Å². The van der Waals surface area contributed by atoms with Crippen molar-refractivity contribution < 1.29 is 9.84 Å². The molecule has 60 valence electrons. The van der Waals surface area contributed by atoms with Crippen molar-refractivity contribution in [2.75, 3.05) is 13.2 Å². The first-order valence-corrected chi connectivity index (χ1v) is 3.52. The minimum absolute atomic E-state index is 0.0623. The molecular formula is C8H11NO2. The molecule has 1 aromatic rings. The SMILES string of the molecule is OCCOCc1ccccn1. The Balaban J connectivity index is 2.28. The van der Waals surface area contributed by atoms with Crippen LogP contribution in [-0.2, 0) is 11.3 Å². The predicted molar refractivity (Wildman–Crippen MR) is 41.0 cm³/mol. The molecule has 11 heavy (non-hydrogen) atoms. The Kier molecular flexibility index (Phi) is 3.58. The highest BCUT2D eigenvalue weighted by Crippen LogP contribution is 1.94. The second kappa shape index (κ2) is 4.82. The molecule has 0 radical (unpaired) electrons. The Morgan fingerprint density at radius 1 is 1.45 bits per heavy atom. The predicted octanol–water partition coefficient (Wildman–Crippen LogP) is 0.591. The number of nitrogens with zero attached hydrogens (tertiary/aromatic N) is 1. The maximum atomic E-state index is 8.40. The fraction of sp³-hybridized carbons (Fsp3) is 0.375. The van der Waals surface area contributed by atoms with Crippen molar-refractivity contribution in [2.24, 2.45) is 0 Å². The fourth-order valence-corrected chi connectivity index (χ4v) is 0.725. The monoisotopic (exact) mass is 153 g/mol. The lowest BCUT2D eigenvalue weighted by molar-refractivity contribution is 0.0797. The molecule has 0 aliphatic rings. The first kappa shape index (κ1) is 8.17. The van der Waals surface area contributed by atoms with Crippen LogP contribution in [0.4, 0.5) is 0 Å². The van der Waals surface area contributed by atoms with E-state index in [1.807, 2.05) is 18.2 Å². The highest BCUT2D eigenvalue weighted by Gasteiger charge is 1.90. The van der Waals surface area contributed by atoms with Gasteiger partial charge < -0.3 is 9.84 Å². The summed E-state index contributed by atoms with van der Waals surface area (Å²) in [5.74, 6) is 0. The van der Waals surface area contributed by atoms with E-state index in [0.29, 0.717) is 13.2 Å². The van der Waals surface area contributed by atoms with E-state index in [-0.39, 0.29) is 6.61 Å². The number of hydrogen-bond acceptors (Lipinski definition) is 3. The van der Waals surface area contributed by atoms with E-state index in [1.54, 1.807) is 6.20 Å². The van der Waals surface area contributed by atoms with Crippen LogP contribution in [0.1, 0.15) is 5.69 Å². The Hall–Kier alpha value is -0.930. The van der Waals surface area contributed by atoms with Gasteiger partial charge >= 0.3 is 0 Å². The molecule has 0 spiro atoms. The topological polar surface area (TPSA) is 42.4 Å². The van der Waals surface area contributed by atoms with E-state index < -0.39 is 0 Å². The lowest BCUT2D eigenvalue weighted by Gasteiger charge is -1.99. The van der Waals surface area contributed by atoms with Gasteiger partial charge in [0.1, 0.15) is 0 Å². The van der Waals surface area contributed by atoms with E-state index in [4.69, 9.17) is 9.84 Å². The van der Waals surface area contributed by atoms with Crippen molar-refractivity contribution in [1.29, 1.82) is 0 Å². The minimum atomic E-state index is 0.0623. The fourth-order valence-electron chi connectivity index (χ4n) is 0.725. The van der Waals surface area contributed by atoms with Gasteiger partial charge in [0.15, 0.2) is 0 Å². The first-order valence-electron chi connectivity index (χ1n) is 3.52. The third-order valence-corrected chi connectivity index (χ3v) is 1.21. The quantitative estimate of drug-likeness (QED) is 0.644. The molecule has 3 heteroatoms. The Morgan fingerprint density at radius 3 is 3.00 bits per heavy atom. The molecule has 0 unspecified atom stereocenters. The third-order valence-electron chi connectivity index (χ3n) is 1.21. The van der Waals surface area contributed by atoms with Crippen LogP contribution in [0.5, 0.6) is 0 Å². The van der Waals surface area contributed by atoms with E-state index in [1.165, 1.54) is 0 Å². The molecule has 0 aliphatic heterocycles. The summed E-state index contributed by atoms with van der Waals surface area (Å²) in [6.07, 6.45) is 1.72. The number of aliphatic hydroxyl groups excluding tert-OH is 1. The molecule has 1 N–H and O–H groups in total. The first-order chi connectivity index (χ1) is 5.43. The van der Waals surface area contributed by atoms with Crippen LogP contribution in [-0.4, -0.2) is 23.3 Å². The number of pyridine rings is 1. The molecule has 0 amide bonds. The maximum absolute atomic E-state index is 8.40. The number of ether oxygens (including phenoxy) is 1. The number of aliphatic hydroxyl groups is 1. The molecular weight excluding hydrogens is 142 g/mol. The van der Waals surface area contributed by atoms with Crippen LogP contribution < -0.4 is 0 Å². The molecule has 1 rings (SSSR count). The van der Waals surface area contributed by atoms with Crippen LogP contribution in [0.25, 0.3) is 0 Å². The van der Waals surface area contributed by atoms with Gasteiger partial charge in [-0.05, 0) is 12.1 Å². The van der Waals surface area contributed by atoms with Gasteiger partial charge in [-0.2, -0.15) is 0 Å². The van der Waals surface area contributed by atoms with Crippen LogP contribution >= 0.6 is 0 Å². The highest BCUT2D eigenvalue weighted by molar-refractivity contribution is 5.01. The lowest BCUT2D eigenvalue weighted by atomic mass is 10.4. The van der Waals surface area contributed by atoms with Crippen molar-refractivity contribution in [3.8, 4) is 0 Å². The molecule has 3 nitrogen and oxygen atoms in total. The van der Waals surface area contributed by atoms with E-state index in [0.717, 1.165) is 5.69 Å². The molecule has 1 aromatic heterocycles. The summed E-state index contributed by atoms with van der Waals surface area (Å²) < 4.78 is 5.06. The average molecular weight is 153 g/mol. The zero-order valence-electron chi connectivity index (χ0n) is 6.23. The van der Waals surface area contributed by atoms with Gasteiger partial charge in [-0.3, -0.25) is 4.98 Å². The Labute approximate surface area is 65.7 Å². The molecule has 0 aliphatic carbocycles. The zero-order valence-corrected chi connectivity index (χ0v) is 6.23. The van der Waals surface area contributed by atoms with Gasteiger partial charge in [0.05, 0.1) is 25.5 Å². The van der Waals surface area contributed by atoms with Crippen molar-refractivity contribution in [1.82, 2.24) is 4.98 Å². The molecule has 0 saturated carbocycles. The van der Waals surface area contributed by atoms with Gasteiger partial charge in [-0.1, -0.05) is 6.07 Å². The van der Waals surface area contributed by atoms with Gasteiger partial charge in [-0.15, -0.1) is 0 Å². The van der Waals surface area contributed by atoms with Crippen molar-refractivity contribution in [3.63, 3.8) is 0 Å². The van der Waals surface area contributed by atoms with E-state index >= 15 is 0 Å². The van der Waals surface area contributed by atoms with Crippen LogP contribution in [0.3, 0.4) is 0 Å². The summed E-state index contributed by atoms with van der Waals surface area (Å²) in [7, 11) is 0. The summed E-state index contributed by atoms with van der Waals surface area (Å²) >= 11 is 0. The molecule has 0 fully saturated rings. The van der Waals surface area contributed by atoms with Crippen LogP contribution in [0.2, 0.25) is 0 Å². The van der Waals surface area contributed by atoms with Gasteiger partial charge in [0, 0.05) is 6.20 Å². The summed E-state index contributed by atoms with van der Waals surface area (Å²) in [5, 5.41) is 8.40.